The van der Waals surface area contributed by atoms with Crippen molar-refractivity contribution < 1.29 is 9.18 Å². The van der Waals surface area contributed by atoms with E-state index in [0.717, 1.165) is 25.2 Å². The predicted molar refractivity (Wildman–Crippen MR) is 89.5 cm³/mol. The van der Waals surface area contributed by atoms with E-state index in [4.69, 9.17) is 0 Å². The van der Waals surface area contributed by atoms with Gasteiger partial charge in [-0.1, -0.05) is 30.8 Å². The molecule has 0 fully saturated rings. The normalized spacial score (nSPS) is 17.8. The van der Waals surface area contributed by atoms with Gasteiger partial charge in [-0.15, -0.1) is 0 Å². The summed E-state index contributed by atoms with van der Waals surface area (Å²) in [4.78, 5) is 16.7. The third kappa shape index (κ3) is 3.62. The Morgan fingerprint density at radius 2 is 2.09 bits per heavy atom. The third-order valence-corrected chi connectivity index (χ3v) is 5.02. The SMILES string of the molecule is CCN(CCN(C)C=O)C1SC=C(c2ccccc2F)N1C. The molecule has 0 aromatic heterocycles. The van der Waals surface area contributed by atoms with Crippen molar-refractivity contribution >= 4 is 23.9 Å². The second-order valence-electron chi connectivity index (χ2n) is 5.27. The minimum absolute atomic E-state index is 0.125. The van der Waals surface area contributed by atoms with Gasteiger partial charge in [-0.05, 0) is 24.1 Å². The summed E-state index contributed by atoms with van der Waals surface area (Å²) in [6.07, 6.45) is 0.836. The van der Waals surface area contributed by atoms with Crippen LogP contribution in [0, 0.1) is 5.82 Å². The number of carbonyl (C=O) groups excluding carboxylic acids is 1. The maximum atomic E-state index is 14.0. The fraction of sp³-hybridized carbons (Fsp3) is 0.438. The zero-order valence-corrected chi connectivity index (χ0v) is 14.0. The molecule has 1 aromatic rings. The van der Waals surface area contributed by atoms with E-state index >= 15 is 0 Å². The molecule has 1 heterocycles. The number of thioether (sulfide) groups is 1. The van der Waals surface area contributed by atoms with Gasteiger partial charge in [0.05, 0.1) is 5.70 Å². The van der Waals surface area contributed by atoms with Crippen molar-refractivity contribution in [2.24, 2.45) is 0 Å². The molecule has 1 aromatic carbocycles. The topological polar surface area (TPSA) is 26.8 Å². The summed E-state index contributed by atoms with van der Waals surface area (Å²) < 4.78 is 14.0. The van der Waals surface area contributed by atoms with E-state index in [2.05, 4.69) is 16.7 Å². The zero-order valence-electron chi connectivity index (χ0n) is 13.2. The highest BCUT2D eigenvalue weighted by Gasteiger charge is 2.29. The lowest BCUT2D eigenvalue weighted by molar-refractivity contribution is -0.117. The van der Waals surface area contributed by atoms with E-state index in [1.807, 2.05) is 18.5 Å². The molecule has 22 heavy (non-hydrogen) atoms. The molecule has 120 valence electrons. The van der Waals surface area contributed by atoms with Crippen LogP contribution in [-0.4, -0.2) is 60.3 Å². The fourth-order valence-corrected chi connectivity index (χ4v) is 3.70. The lowest BCUT2D eigenvalue weighted by Crippen LogP contribution is -2.44. The smallest absolute Gasteiger partial charge is 0.209 e. The van der Waals surface area contributed by atoms with Crippen LogP contribution in [0.3, 0.4) is 0 Å². The molecule has 4 nitrogen and oxygen atoms in total. The Morgan fingerprint density at radius 3 is 2.73 bits per heavy atom. The molecule has 0 radical (unpaired) electrons. The van der Waals surface area contributed by atoms with Crippen molar-refractivity contribution in [3.8, 4) is 0 Å². The quantitative estimate of drug-likeness (QED) is 0.721. The summed E-state index contributed by atoms with van der Waals surface area (Å²) in [7, 11) is 3.75. The monoisotopic (exact) mass is 323 g/mol. The van der Waals surface area contributed by atoms with Crippen molar-refractivity contribution in [2.45, 2.75) is 12.4 Å². The number of amides is 1. The van der Waals surface area contributed by atoms with Gasteiger partial charge in [-0.2, -0.15) is 0 Å². The van der Waals surface area contributed by atoms with Gasteiger partial charge in [0.25, 0.3) is 0 Å². The van der Waals surface area contributed by atoms with E-state index in [1.165, 1.54) is 6.07 Å². The Bertz CT molecular complexity index is 552. The minimum atomic E-state index is -0.203. The van der Waals surface area contributed by atoms with E-state index in [1.54, 1.807) is 35.8 Å². The number of rotatable bonds is 7. The average Bonchev–Trinajstić information content (AvgIpc) is 2.90. The molecule has 1 aliphatic rings. The van der Waals surface area contributed by atoms with Crippen LogP contribution >= 0.6 is 11.8 Å². The van der Waals surface area contributed by atoms with Crippen LogP contribution < -0.4 is 0 Å². The van der Waals surface area contributed by atoms with Crippen molar-refractivity contribution in [3.63, 3.8) is 0 Å². The molecule has 0 saturated heterocycles. The number of carbonyl (C=O) groups is 1. The summed E-state index contributed by atoms with van der Waals surface area (Å²) in [5.74, 6) is -0.203. The van der Waals surface area contributed by atoms with Gasteiger partial charge in [0.1, 0.15) is 11.3 Å². The number of hydrogen-bond donors (Lipinski definition) is 0. The predicted octanol–water partition coefficient (Wildman–Crippen LogP) is 2.50. The first kappa shape index (κ1) is 16.8. The van der Waals surface area contributed by atoms with Gasteiger partial charge in [-0.25, -0.2) is 4.39 Å². The lowest BCUT2D eigenvalue weighted by Gasteiger charge is -2.34. The van der Waals surface area contributed by atoms with Crippen LogP contribution in [0.1, 0.15) is 12.5 Å². The second kappa shape index (κ2) is 7.65. The molecule has 6 heteroatoms. The summed E-state index contributed by atoms with van der Waals surface area (Å²) in [6, 6.07) is 6.84. The Kier molecular flexibility index (Phi) is 5.85. The Hall–Kier alpha value is -1.53. The van der Waals surface area contributed by atoms with E-state index < -0.39 is 0 Å². The molecule has 0 saturated carbocycles. The number of benzene rings is 1. The van der Waals surface area contributed by atoms with Crippen LogP contribution in [0.15, 0.2) is 29.7 Å². The van der Waals surface area contributed by atoms with Gasteiger partial charge in [0, 0.05) is 32.7 Å². The molecule has 0 bridgehead atoms. The lowest BCUT2D eigenvalue weighted by atomic mass is 10.1. The Morgan fingerprint density at radius 1 is 1.36 bits per heavy atom. The van der Waals surface area contributed by atoms with Crippen LogP contribution in [0.2, 0.25) is 0 Å². The van der Waals surface area contributed by atoms with E-state index in [9.17, 15) is 9.18 Å². The number of halogens is 1. The maximum absolute atomic E-state index is 14.0. The summed E-state index contributed by atoms with van der Waals surface area (Å²) in [6.45, 7) is 4.42. The molecule has 0 aliphatic carbocycles. The molecule has 0 N–H and O–H groups in total. The van der Waals surface area contributed by atoms with Gasteiger partial charge in [0.15, 0.2) is 0 Å². The van der Waals surface area contributed by atoms with Crippen LogP contribution in [0.25, 0.3) is 5.70 Å². The van der Waals surface area contributed by atoms with Crippen molar-refractivity contribution in [1.82, 2.24) is 14.7 Å². The highest BCUT2D eigenvalue weighted by Crippen LogP contribution is 2.37. The molecule has 1 atom stereocenters. The van der Waals surface area contributed by atoms with Gasteiger partial charge in [0.2, 0.25) is 6.41 Å². The molecular weight excluding hydrogens is 301 g/mol. The first-order valence-corrected chi connectivity index (χ1v) is 8.25. The number of hydrogen-bond acceptors (Lipinski definition) is 4. The fourth-order valence-electron chi connectivity index (χ4n) is 2.44. The molecular formula is C16H22FN3OS. The number of nitrogens with zero attached hydrogens (tertiary/aromatic N) is 3. The number of likely N-dealkylation sites (N-methyl/N-ethyl adjacent to an activating group) is 2. The van der Waals surface area contributed by atoms with Gasteiger partial charge < -0.3 is 9.80 Å². The van der Waals surface area contributed by atoms with Crippen molar-refractivity contribution in [2.75, 3.05) is 33.7 Å². The molecule has 0 spiro atoms. The largest absolute Gasteiger partial charge is 0.349 e. The van der Waals surface area contributed by atoms with Crippen molar-refractivity contribution in [3.05, 3.63) is 41.1 Å². The molecule has 1 amide bonds. The highest BCUT2D eigenvalue weighted by molar-refractivity contribution is 8.03. The minimum Gasteiger partial charge on any atom is -0.349 e. The van der Waals surface area contributed by atoms with Crippen LogP contribution in [0.5, 0.6) is 0 Å². The van der Waals surface area contributed by atoms with Crippen LogP contribution in [0.4, 0.5) is 4.39 Å². The molecule has 1 aliphatic heterocycles. The summed E-state index contributed by atoms with van der Waals surface area (Å²) in [5.41, 5.74) is 1.65. The van der Waals surface area contributed by atoms with Gasteiger partial charge >= 0.3 is 0 Å². The summed E-state index contributed by atoms with van der Waals surface area (Å²) >= 11 is 1.67. The first-order chi connectivity index (χ1) is 10.6. The highest BCUT2D eigenvalue weighted by atomic mass is 32.2. The second-order valence-corrected chi connectivity index (χ2v) is 6.20. The standard InChI is InChI=1S/C16H22FN3OS/c1-4-20(10-9-18(2)12-21)16-19(3)15(11-22-16)13-7-5-6-8-14(13)17/h5-8,11-12,16H,4,9-10H2,1-3H3. The molecule has 1 unspecified atom stereocenters. The Balaban J connectivity index is 2.07. The van der Waals surface area contributed by atoms with Crippen molar-refractivity contribution in [1.29, 1.82) is 0 Å². The first-order valence-electron chi connectivity index (χ1n) is 7.31. The summed E-state index contributed by atoms with van der Waals surface area (Å²) in [5, 5.41) is 2.01. The van der Waals surface area contributed by atoms with Crippen LogP contribution in [-0.2, 0) is 4.79 Å². The van der Waals surface area contributed by atoms with E-state index in [-0.39, 0.29) is 11.3 Å². The molecule has 2 rings (SSSR count). The van der Waals surface area contributed by atoms with Gasteiger partial charge in [-0.3, -0.25) is 9.69 Å². The zero-order chi connectivity index (χ0) is 16.1. The maximum Gasteiger partial charge on any atom is 0.209 e. The Labute approximate surface area is 135 Å². The third-order valence-electron chi connectivity index (χ3n) is 3.80. The average molecular weight is 323 g/mol. The van der Waals surface area contributed by atoms with E-state index in [0.29, 0.717) is 12.1 Å².